The number of carbonyl (C=O) groups is 1. The molecule has 0 aromatic carbocycles. The second kappa shape index (κ2) is 4.05. The summed E-state index contributed by atoms with van der Waals surface area (Å²) in [4.78, 5) is 29.8. The summed E-state index contributed by atoms with van der Waals surface area (Å²) in [6.07, 6.45) is 0. The SMILES string of the molecule is CC(C)(C)C(=O)Nc1nc2n[se]nc2c(=O)[nH]1. The molecule has 0 bridgehead atoms. The van der Waals surface area contributed by atoms with E-state index in [1.54, 1.807) is 20.8 Å². The molecule has 90 valence electrons. The number of nitrogens with one attached hydrogen (secondary N) is 2. The van der Waals surface area contributed by atoms with Crippen molar-refractivity contribution in [2.75, 3.05) is 5.32 Å². The van der Waals surface area contributed by atoms with Gasteiger partial charge in [0.2, 0.25) is 0 Å². The number of carbonyl (C=O) groups excluding carboxylic acids is 1. The summed E-state index contributed by atoms with van der Waals surface area (Å²) in [5.41, 5.74) is -0.373. The third-order valence-corrected chi connectivity index (χ3v) is 3.14. The molecule has 2 heterocycles. The first kappa shape index (κ1) is 11.9. The van der Waals surface area contributed by atoms with Crippen molar-refractivity contribution in [1.82, 2.24) is 17.9 Å². The van der Waals surface area contributed by atoms with Gasteiger partial charge in [-0.25, -0.2) is 0 Å². The van der Waals surface area contributed by atoms with Crippen LogP contribution in [0, 0.1) is 5.41 Å². The predicted octanol–water partition coefficient (Wildman–Crippen LogP) is -0.245. The molecule has 0 fully saturated rings. The van der Waals surface area contributed by atoms with E-state index in [0.717, 1.165) is 0 Å². The maximum absolute atomic E-state index is 11.7. The number of hydrogen-bond donors (Lipinski definition) is 2. The van der Waals surface area contributed by atoms with Gasteiger partial charge < -0.3 is 0 Å². The molecule has 2 aromatic rings. The fourth-order valence-electron chi connectivity index (χ4n) is 1.06. The van der Waals surface area contributed by atoms with Gasteiger partial charge >= 0.3 is 103 Å². The average Bonchev–Trinajstić information content (AvgIpc) is 2.64. The number of rotatable bonds is 1. The summed E-state index contributed by atoms with van der Waals surface area (Å²) >= 11 is -0.311. The van der Waals surface area contributed by atoms with Gasteiger partial charge in [0.05, 0.1) is 0 Å². The molecule has 0 unspecified atom stereocenters. The normalized spacial score (nSPS) is 11.7. The van der Waals surface area contributed by atoms with Gasteiger partial charge in [0.25, 0.3) is 0 Å². The maximum atomic E-state index is 11.7. The molecule has 0 aliphatic rings. The zero-order chi connectivity index (χ0) is 12.6. The fraction of sp³-hybridized carbons (Fsp3) is 0.444. The van der Waals surface area contributed by atoms with Gasteiger partial charge in [-0.05, 0) is 0 Å². The van der Waals surface area contributed by atoms with E-state index in [0.29, 0.717) is 5.65 Å². The number of nitrogens with zero attached hydrogens (tertiary/aromatic N) is 3. The van der Waals surface area contributed by atoms with E-state index >= 15 is 0 Å². The van der Waals surface area contributed by atoms with Crippen LogP contribution in [-0.4, -0.2) is 38.8 Å². The molecule has 2 N–H and O–H groups in total. The number of hydrogen-bond acceptors (Lipinski definition) is 5. The van der Waals surface area contributed by atoms with Crippen LogP contribution in [-0.2, 0) is 4.79 Å². The topological polar surface area (TPSA) is 101 Å². The monoisotopic (exact) mass is 301 g/mol. The molecule has 17 heavy (non-hydrogen) atoms. The molecule has 0 aliphatic heterocycles. The van der Waals surface area contributed by atoms with Crippen molar-refractivity contribution >= 4 is 38.0 Å². The Morgan fingerprint density at radius 1 is 1.35 bits per heavy atom. The molecule has 8 heteroatoms. The van der Waals surface area contributed by atoms with Crippen LogP contribution in [0.3, 0.4) is 0 Å². The summed E-state index contributed by atoms with van der Waals surface area (Å²) in [6, 6.07) is 0. The van der Waals surface area contributed by atoms with Crippen molar-refractivity contribution in [3.8, 4) is 0 Å². The first-order valence-corrected chi connectivity index (χ1v) is 6.45. The molecule has 0 atom stereocenters. The number of amides is 1. The molecule has 1 amide bonds. The van der Waals surface area contributed by atoms with Crippen LogP contribution in [0.1, 0.15) is 20.8 Å². The van der Waals surface area contributed by atoms with E-state index in [4.69, 9.17) is 0 Å². The molecule has 0 spiro atoms. The Labute approximate surface area is 103 Å². The minimum absolute atomic E-state index is 0.116. The van der Waals surface area contributed by atoms with Crippen LogP contribution in [0.2, 0.25) is 0 Å². The Balaban J connectivity index is 2.37. The molecule has 0 saturated heterocycles. The Hall–Kier alpha value is -1.53. The van der Waals surface area contributed by atoms with Gasteiger partial charge in [-0.1, -0.05) is 0 Å². The molecular formula is C9H11N5O2Se. The fourth-order valence-corrected chi connectivity index (χ4v) is 2.09. The van der Waals surface area contributed by atoms with Gasteiger partial charge in [0.1, 0.15) is 0 Å². The van der Waals surface area contributed by atoms with E-state index in [1.165, 1.54) is 0 Å². The molecular weight excluding hydrogens is 289 g/mol. The molecule has 0 radical (unpaired) electrons. The number of aromatic nitrogens is 4. The van der Waals surface area contributed by atoms with E-state index in [1.807, 2.05) is 0 Å². The summed E-state index contributed by atoms with van der Waals surface area (Å²) in [7, 11) is 0. The van der Waals surface area contributed by atoms with Crippen LogP contribution >= 0.6 is 0 Å². The molecule has 2 rings (SSSR count). The van der Waals surface area contributed by atoms with Crippen molar-refractivity contribution in [3.63, 3.8) is 0 Å². The third-order valence-electron chi connectivity index (χ3n) is 2.05. The van der Waals surface area contributed by atoms with Gasteiger partial charge in [-0.2, -0.15) is 0 Å². The summed E-state index contributed by atoms with van der Waals surface area (Å²) < 4.78 is 7.95. The van der Waals surface area contributed by atoms with Crippen molar-refractivity contribution in [3.05, 3.63) is 10.4 Å². The standard InChI is InChI=1S/C9H11N5O2Se/c1-9(2,3)7(16)12-8-10-5-4(6(15)11-8)13-17-14-5/h1-3H3,(H2,10,11,12,14,15,16). The quantitative estimate of drug-likeness (QED) is 0.708. The zero-order valence-corrected chi connectivity index (χ0v) is 11.3. The Morgan fingerprint density at radius 3 is 2.71 bits per heavy atom. The number of fused-ring (bicyclic) bond motifs is 1. The number of aromatic amines is 1. The number of anilines is 1. The van der Waals surface area contributed by atoms with Crippen LogP contribution in [0.4, 0.5) is 5.95 Å². The summed E-state index contributed by atoms with van der Waals surface area (Å²) in [5.74, 6) is -0.105. The van der Waals surface area contributed by atoms with Gasteiger partial charge in [0.15, 0.2) is 0 Å². The second-order valence-corrected chi connectivity index (χ2v) is 5.66. The third kappa shape index (κ3) is 2.42. The second-order valence-electron chi connectivity index (χ2n) is 4.56. The number of H-pyrrole nitrogens is 1. The van der Waals surface area contributed by atoms with Gasteiger partial charge in [-0.3, -0.25) is 0 Å². The van der Waals surface area contributed by atoms with Crippen LogP contribution < -0.4 is 10.9 Å². The average molecular weight is 300 g/mol. The molecule has 7 nitrogen and oxygen atoms in total. The molecule has 2 aromatic heterocycles. The van der Waals surface area contributed by atoms with Gasteiger partial charge in [0, 0.05) is 0 Å². The van der Waals surface area contributed by atoms with Crippen LogP contribution in [0.15, 0.2) is 4.79 Å². The van der Waals surface area contributed by atoms with Crippen LogP contribution in [0.25, 0.3) is 11.2 Å². The van der Waals surface area contributed by atoms with Crippen molar-refractivity contribution in [1.29, 1.82) is 0 Å². The molecule has 0 saturated carbocycles. The predicted molar refractivity (Wildman–Crippen MR) is 63.0 cm³/mol. The Kier molecular flexibility index (Phi) is 2.84. The first-order valence-electron chi connectivity index (χ1n) is 4.92. The first-order chi connectivity index (χ1) is 7.88. The van der Waals surface area contributed by atoms with Crippen molar-refractivity contribution in [2.24, 2.45) is 5.41 Å². The minimum atomic E-state index is -0.553. The zero-order valence-electron chi connectivity index (χ0n) is 9.57. The van der Waals surface area contributed by atoms with Crippen LogP contribution in [0.5, 0.6) is 0 Å². The molecule has 0 aliphatic carbocycles. The Morgan fingerprint density at radius 2 is 2.06 bits per heavy atom. The van der Waals surface area contributed by atoms with Crippen molar-refractivity contribution < 1.29 is 4.79 Å². The summed E-state index contributed by atoms with van der Waals surface area (Å²) in [5, 5.41) is 2.55. The van der Waals surface area contributed by atoms with E-state index < -0.39 is 5.41 Å². The Bertz CT molecular complexity index is 624. The van der Waals surface area contributed by atoms with E-state index in [9.17, 15) is 9.59 Å². The van der Waals surface area contributed by atoms with Crippen molar-refractivity contribution in [2.45, 2.75) is 20.8 Å². The van der Waals surface area contributed by atoms with Gasteiger partial charge in [-0.15, -0.1) is 0 Å². The summed E-state index contributed by atoms with van der Waals surface area (Å²) in [6.45, 7) is 5.32. The van der Waals surface area contributed by atoms with E-state index in [2.05, 4.69) is 23.2 Å². The van der Waals surface area contributed by atoms with E-state index in [-0.39, 0.29) is 37.9 Å².